The largest absolute Gasteiger partial charge is 0.478 e. The average molecular weight is 598 g/mol. The van der Waals surface area contributed by atoms with E-state index in [0.29, 0.717) is 12.2 Å². The lowest BCUT2D eigenvalue weighted by Crippen LogP contribution is -2.34. The highest BCUT2D eigenvalue weighted by Gasteiger charge is 2.27. The molecule has 13 radical (unpaired) electrons. The molecule has 0 bridgehead atoms. The lowest BCUT2D eigenvalue weighted by atomic mass is 10.1. The molecule has 0 fully saturated rings. The summed E-state index contributed by atoms with van der Waals surface area (Å²) in [5, 5.41) is 61.6. The minimum absolute atomic E-state index is 0.250. The molecule has 0 aliphatic rings. The van der Waals surface area contributed by atoms with Gasteiger partial charge in [0.1, 0.15) is 5.75 Å². The molecule has 0 spiro atoms. The van der Waals surface area contributed by atoms with Crippen LogP contribution >= 0.6 is 0 Å². The molecular formula is C32H53O10. The Labute approximate surface area is 256 Å². The van der Waals surface area contributed by atoms with E-state index in [0.717, 1.165) is 25.2 Å². The maximum atomic E-state index is 10.6. The number of unbranched alkanes of at least 4 members (excludes halogenated alkanes) is 6. The fourth-order valence-corrected chi connectivity index (χ4v) is 2.41. The fraction of sp³-hybridized carbons (Fsp3) is 0.500. The zero-order chi connectivity index (χ0) is 33.9. The van der Waals surface area contributed by atoms with Gasteiger partial charge in [-0.15, -0.1) is 0 Å². The van der Waals surface area contributed by atoms with E-state index < -0.39 is 11.8 Å². The zero-order valence-electron chi connectivity index (χ0n) is 25.5. The molecule has 0 aliphatic carbocycles. The molecule has 1 aromatic rings. The van der Waals surface area contributed by atoms with Gasteiger partial charge in [0.25, 0.3) is 5.79 Å². The van der Waals surface area contributed by atoms with E-state index in [1.165, 1.54) is 32.1 Å². The predicted octanol–water partition coefficient (Wildman–Crippen LogP) is 6.86. The van der Waals surface area contributed by atoms with Crippen LogP contribution in [0, 0.1) is 48.5 Å². The van der Waals surface area contributed by atoms with Gasteiger partial charge in [-0.2, -0.15) is 0 Å². The highest BCUT2D eigenvalue weighted by Crippen LogP contribution is 2.25. The van der Waals surface area contributed by atoms with Crippen molar-refractivity contribution in [3.05, 3.63) is 91.1 Å². The molecule has 241 valence electrons. The van der Waals surface area contributed by atoms with Gasteiger partial charge in [-0.25, -0.2) is 35.4 Å². The number of rotatable bonds is 13. The molecule has 0 saturated heterocycles. The lowest BCUT2D eigenvalue weighted by Gasteiger charge is -2.29. The van der Waals surface area contributed by atoms with E-state index in [1.807, 2.05) is 30.3 Å². The SMILES string of the molecule is [CH2]C(CCCCCCCCC)(OC=CC(=O)O)Oc1ccccc1.[CH2]C[O].[CH2]C[O].[CH2]C[O].[CH2]C[O].[CH2]C[O].[CH2]C[O]. The maximum Gasteiger partial charge on any atom is 0.331 e. The summed E-state index contributed by atoms with van der Waals surface area (Å²) < 4.78 is 11.3. The van der Waals surface area contributed by atoms with Crippen LogP contribution in [0.1, 0.15) is 58.3 Å². The second-order valence-electron chi connectivity index (χ2n) is 7.18. The van der Waals surface area contributed by atoms with Crippen LogP contribution in [-0.4, -0.2) is 56.5 Å². The van der Waals surface area contributed by atoms with Crippen LogP contribution < -0.4 is 4.74 Å². The number of aliphatic carboxylic acids is 1. The Morgan fingerprint density at radius 3 is 1.43 bits per heavy atom. The second-order valence-corrected chi connectivity index (χ2v) is 7.18. The summed E-state index contributed by atoms with van der Waals surface area (Å²) in [4.78, 5) is 10.6. The number of carbonyl (C=O) groups is 1. The topological polar surface area (TPSA) is 175 Å². The molecule has 10 nitrogen and oxygen atoms in total. The Kier molecular flexibility index (Phi) is 64.3. The summed E-state index contributed by atoms with van der Waals surface area (Å²) in [7, 11) is 0. The van der Waals surface area contributed by atoms with Crippen LogP contribution in [0.3, 0.4) is 0 Å². The predicted molar refractivity (Wildman–Crippen MR) is 161 cm³/mol. The molecule has 1 aromatic carbocycles. The first kappa shape index (κ1) is 52.4. The van der Waals surface area contributed by atoms with Gasteiger partial charge in [0.05, 0.1) is 52.0 Å². The van der Waals surface area contributed by atoms with Crippen molar-refractivity contribution in [1.82, 2.24) is 0 Å². The summed E-state index contributed by atoms with van der Waals surface area (Å²) in [6.45, 7) is 22.3. The number of carboxylic acid groups (broad SMARTS) is 1. The van der Waals surface area contributed by atoms with Gasteiger partial charge in [0, 0.05) is 13.3 Å². The normalized spacial score (nSPS) is 10.3. The van der Waals surface area contributed by atoms with Crippen LogP contribution in [0.4, 0.5) is 0 Å². The summed E-state index contributed by atoms with van der Waals surface area (Å²) in [5.41, 5.74) is 0. The monoisotopic (exact) mass is 597 g/mol. The van der Waals surface area contributed by atoms with E-state index in [9.17, 15) is 4.79 Å². The highest BCUT2D eigenvalue weighted by molar-refractivity contribution is 5.79. The van der Waals surface area contributed by atoms with Crippen LogP contribution in [0.25, 0.3) is 0 Å². The van der Waals surface area contributed by atoms with Gasteiger partial charge in [-0.1, -0.05) is 63.6 Å². The minimum atomic E-state index is -1.11. The molecule has 1 unspecified atom stereocenters. The highest BCUT2D eigenvalue weighted by atomic mass is 16.7. The van der Waals surface area contributed by atoms with Crippen molar-refractivity contribution < 1.29 is 50.0 Å². The van der Waals surface area contributed by atoms with Gasteiger partial charge in [-0.3, -0.25) is 0 Å². The summed E-state index contributed by atoms with van der Waals surface area (Å²) in [6.07, 6.45) is 10.9. The molecule has 42 heavy (non-hydrogen) atoms. The quantitative estimate of drug-likeness (QED) is 0.113. The number of ether oxygens (including phenoxy) is 2. The minimum Gasteiger partial charge on any atom is -0.478 e. The van der Waals surface area contributed by atoms with Crippen molar-refractivity contribution >= 4 is 5.97 Å². The number of benzene rings is 1. The van der Waals surface area contributed by atoms with Crippen molar-refractivity contribution in [3.8, 4) is 5.75 Å². The van der Waals surface area contributed by atoms with Crippen LogP contribution in [-0.2, 0) is 40.2 Å². The third-order valence-electron chi connectivity index (χ3n) is 3.70. The van der Waals surface area contributed by atoms with Crippen molar-refractivity contribution in [1.29, 1.82) is 0 Å². The van der Waals surface area contributed by atoms with Crippen molar-refractivity contribution in [3.63, 3.8) is 0 Å². The molecule has 10 heteroatoms. The Balaban J connectivity index is -0.000000148. The third kappa shape index (κ3) is 66.2. The van der Waals surface area contributed by atoms with E-state index in [1.54, 1.807) is 0 Å². The molecule has 1 N–H and O–H groups in total. The van der Waals surface area contributed by atoms with Gasteiger partial charge in [-0.05, 0) is 60.1 Å². The molecule has 1 rings (SSSR count). The van der Waals surface area contributed by atoms with Crippen LogP contribution in [0.5, 0.6) is 5.75 Å². The second kappa shape index (κ2) is 51.5. The Bertz CT molecular complexity index is 570. The number of hydrogen-bond acceptors (Lipinski definition) is 3. The van der Waals surface area contributed by atoms with E-state index in [-0.39, 0.29) is 39.6 Å². The fourth-order valence-electron chi connectivity index (χ4n) is 2.41. The Morgan fingerprint density at radius 2 is 1.07 bits per heavy atom. The van der Waals surface area contributed by atoms with E-state index in [2.05, 4.69) is 55.4 Å². The first-order valence-electron chi connectivity index (χ1n) is 13.5. The van der Waals surface area contributed by atoms with Crippen molar-refractivity contribution in [2.24, 2.45) is 0 Å². The molecule has 0 amide bonds. The number of para-hydroxylation sites is 1. The Morgan fingerprint density at radius 1 is 0.714 bits per heavy atom. The molecule has 1 atom stereocenters. The first-order valence-corrected chi connectivity index (χ1v) is 13.5. The third-order valence-corrected chi connectivity index (χ3v) is 3.70. The maximum absolute atomic E-state index is 10.6. The summed E-state index contributed by atoms with van der Waals surface area (Å²) >= 11 is 0. The molecule has 0 heterocycles. The van der Waals surface area contributed by atoms with Crippen molar-refractivity contribution in [2.75, 3.05) is 39.6 Å². The summed E-state index contributed by atoms with van der Waals surface area (Å²) in [6, 6.07) is 9.30. The van der Waals surface area contributed by atoms with Crippen LogP contribution in [0.2, 0.25) is 0 Å². The molecular weight excluding hydrogens is 544 g/mol. The van der Waals surface area contributed by atoms with Gasteiger partial charge in [0.2, 0.25) is 0 Å². The zero-order valence-corrected chi connectivity index (χ0v) is 25.5. The van der Waals surface area contributed by atoms with Gasteiger partial charge < -0.3 is 14.6 Å². The lowest BCUT2D eigenvalue weighted by molar-refractivity contribution is -0.132. The summed E-state index contributed by atoms with van der Waals surface area (Å²) in [5.74, 6) is -1.52. The molecule has 0 aromatic heterocycles. The van der Waals surface area contributed by atoms with Gasteiger partial charge in [0.15, 0.2) is 0 Å². The van der Waals surface area contributed by atoms with E-state index >= 15 is 0 Å². The number of hydrogen-bond donors (Lipinski definition) is 1. The number of carboxylic acids is 1. The van der Waals surface area contributed by atoms with Crippen molar-refractivity contribution in [2.45, 2.75) is 64.1 Å². The van der Waals surface area contributed by atoms with E-state index in [4.69, 9.17) is 45.2 Å². The first-order chi connectivity index (χ1) is 20.0. The van der Waals surface area contributed by atoms with Crippen LogP contribution in [0.15, 0.2) is 42.7 Å². The smallest absolute Gasteiger partial charge is 0.331 e. The molecule has 0 saturated carbocycles. The van der Waals surface area contributed by atoms with Gasteiger partial charge >= 0.3 is 5.97 Å². The molecule has 0 aliphatic heterocycles. The standard InChI is InChI=1S/C20H29O4.6C2H4O/c1-3-4-5-6-7-8-12-16-20(2,23-17-15-19(21)22)24-18-13-10-9-11-14-18;6*1-2-3/h9-11,13-15,17H,2-8,12,16H2,1H3,(H,21,22);6*1-2H2. The average Bonchev–Trinajstić information content (AvgIpc) is 2.91. The Hall–Kier alpha value is -2.21.